The molecule has 4 rings (SSSR count). The summed E-state index contributed by atoms with van der Waals surface area (Å²) in [6.45, 7) is 1.59. The van der Waals surface area contributed by atoms with E-state index < -0.39 is 11.6 Å². The van der Waals surface area contributed by atoms with E-state index in [0.717, 1.165) is 0 Å². The number of pyridine rings is 1. The minimum atomic E-state index is -0.644. The first-order chi connectivity index (χ1) is 13.0. The first kappa shape index (κ1) is 17.0. The van der Waals surface area contributed by atoms with Gasteiger partial charge < -0.3 is 0 Å². The molecule has 0 spiro atoms. The molecule has 1 aromatic carbocycles. The fourth-order valence-corrected chi connectivity index (χ4v) is 3.04. The van der Waals surface area contributed by atoms with Crippen molar-refractivity contribution in [2.24, 2.45) is 7.05 Å². The lowest BCUT2D eigenvalue weighted by molar-refractivity contribution is 0.570. The SMILES string of the molecule is Cc1c(F)ccc(-c2cnc3c(c2)n(Cc2cnccn2)c(=O)n3C)c1F. The molecule has 27 heavy (non-hydrogen) atoms. The third kappa shape index (κ3) is 2.79. The van der Waals surface area contributed by atoms with Crippen molar-refractivity contribution in [3.8, 4) is 11.1 Å². The van der Waals surface area contributed by atoms with Gasteiger partial charge in [0.15, 0.2) is 5.65 Å². The second kappa shape index (κ2) is 6.39. The van der Waals surface area contributed by atoms with Crippen molar-refractivity contribution in [3.05, 3.63) is 76.4 Å². The molecule has 0 aliphatic carbocycles. The van der Waals surface area contributed by atoms with Gasteiger partial charge in [-0.2, -0.15) is 0 Å². The largest absolute Gasteiger partial charge is 0.330 e. The molecule has 0 saturated heterocycles. The third-order valence-corrected chi connectivity index (χ3v) is 4.54. The summed E-state index contributed by atoms with van der Waals surface area (Å²) in [7, 11) is 1.62. The molecule has 0 atom stereocenters. The van der Waals surface area contributed by atoms with Crippen LogP contribution in [0.25, 0.3) is 22.3 Å². The van der Waals surface area contributed by atoms with Crippen LogP contribution in [-0.4, -0.2) is 24.1 Å². The molecule has 136 valence electrons. The number of fused-ring (bicyclic) bond motifs is 1. The summed E-state index contributed by atoms with van der Waals surface area (Å²) in [6.07, 6.45) is 6.15. The van der Waals surface area contributed by atoms with Gasteiger partial charge >= 0.3 is 5.69 Å². The lowest BCUT2D eigenvalue weighted by Gasteiger charge is -2.08. The molecule has 0 fully saturated rings. The maximum atomic E-state index is 14.5. The number of rotatable bonds is 3. The number of halogens is 2. The Bertz CT molecular complexity index is 1210. The standard InChI is InChI=1S/C19H15F2N5O/c1-11-15(20)4-3-14(17(11)21)12-7-16-18(24-8-12)25(2)19(27)26(16)10-13-9-22-5-6-23-13/h3-9H,10H2,1-2H3. The molecule has 4 aromatic rings. The minimum Gasteiger partial charge on any atom is -0.284 e. The number of nitrogens with zero attached hydrogens (tertiary/aromatic N) is 5. The number of aryl methyl sites for hydroxylation is 1. The van der Waals surface area contributed by atoms with Gasteiger partial charge in [-0.3, -0.25) is 19.1 Å². The number of imidazole rings is 1. The average Bonchev–Trinajstić information content (AvgIpc) is 2.91. The summed E-state index contributed by atoms with van der Waals surface area (Å²) in [6, 6.07) is 4.26. The Labute approximate surface area is 152 Å². The van der Waals surface area contributed by atoms with Crippen LogP contribution in [0.15, 0.2) is 47.8 Å². The molecule has 0 aliphatic heterocycles. The summed E-state index contributed by atoms with van der Waals surface area (Å²) in [5, 5.41) is 0. The molecular weight excluding hydrogens is 352 g/mol. The van der Waals surface area contributed by atoms with Crippen molar-refractivity contribution in [2.75, 3.05) is 0 Å². The molecule has 3 heterocycles. The second-order valence-electron chi connectivity index (χ2n) is 6.23. The van der Waals surface area contributed by atoms with Gasteiger partial charge in [-0.25, -0.2) is 18.6 Å². The van der Waals surface area contributed by atoms with Crippen LogP contribution in [0.4, 0.5) is 8.78 Å². The molecular formula is C19H15F2N5O. The van der Waals surface area contributed by atoms with Gasteiger partial charge in [0.05, 0.1) is 24.0 Å². The van der Waals surface area contributed by atoms with Crippen LogP contribution in [0.2, 0.25) is 0 Å². The Kier molecular flexibility index (Phi) is 4.02. The first-order valence-electron chi connectivity index (χ1n) is 8.22. The molecule has 8 heteroatoms. The molecule has 0 unspecified atom stereocenters. The lowest BCUT2D eigenvalue weighted by Crippen LogP contribution is -2.23. The Balaban J connectivity index is 1.91. The fourth-order valence-electron chi connectivity index (χ4n) is 3.04. The Morgan fingerprint density at radius 1 is 1.11 bits per heavy atom. The Morgan fingerprint density at radius 2 is 1.93 bits per heavy atom. The van der Waals surface area contributed by atoms with Gasteiger partial charge in [0, 0.05) is 42.3 Å². The highest BCUT2D eigenvalue weighted by Gasteiger charge is 2.17. The topological polar surface area (TPSA) is 65.6 Å². The molecule has 0 bridgehead atoms. The summed E-state index contributed by atoms with van der Waals surface area (Å²) in [4.78, 5) is 25.1. The predicted octanol–water partition coefficient (Wildman–Crippen LogP) is 2.83. The lowest BCUT2D eigenvalue weighted by atomic mass is 10.0. The van der Waals surface area contributed by atoms with Gasteiger partial charge in [0.2, 0.25) is 0 Å². The number of hydrogen-bond acceptors (Lipinski definition) is 4. The maximum absolute atomic E-state index is 14.5. The Hall–Kier alpha value is -3.42. The summed E-state index contributed by atoms with van der Waals surface area (Å²) in [5.41, 5.74) is 1.97. The number of benzene rings is 1. The molecule has 6 nitrogen and oxygen atoms in total. The highest BCUT2D eigenvalue weighted by molar-refractivity contribution is 5.79. The maximum Gasteiger partial charge on any atom is 0.330 e. The van der Waals surface area contributed by atoms with Crippen LogP contribution in [0.1, 0.15) is 11.3 Å². The van der Waals surface area contributed by atoms with E-state index in [4.69, 9.17) is 0 Å². The van der Waals surface area contributed by atoms with Gasteiger partial charge in [-0.05, 0) is 25.1 Å². The van der Waals surface area contributed by atoms with Crippen LogP contribution in [-0.2, 0) is 13.6 Å². The monoisotopic (exact) mass is 367 g/mol. The van der Waals surface area contributed by atoms with Crippen LogP contribution in [0, 0.1) is 18.6 Å². The second-order valence-corrected chi connectivity index (χ2v) is 6.23. The van der Waals surface area contributed by atoms with Crippen LogP contribution in [0.3, 0.4) is 0 Å². The summed E-state index contributed by atoms with van der Waals surface area (Å²) < 4.78 is 31.0. The van der Waals surface area contributed by atoms with Crippen LogP contribution < -0.4 is 5.69 Å². The molecule has 0 amide bonds. The zero-order valence-electron chi connectivity index (χ0n) is 14.6. The number of hydrogen-bond donors (Lipinski definition) is 0. The normalized spacial score (nSPS) is 11.3. The van der Waals surface area contributed by atoms with E-state index in [1.54, 1.807) is 31.7 Å². The molecule has 0 saturated carbocycles. The van der Waals surface area contributed by atoms with Crippen molar-refractivity contribution in [1.82, 2.24) is 24.1 Å². The number of aromatic nitrogens is 5. The predicted molar refractivity (Wildman–Crippen MR) is 96.2 cm³/mol. The van der Waals surface area contributed by atoms with Gasteiger partial charge in [-0.15, -0.1) is 0 Å². The van der Waals surface area contributed by atoms with Crippen LogP contribution in [0.5, 0.6) is 0 Å². The highest BCUT2D eigenvalue weighted by Crippen LogP contribution is 2.28. The molecule has 0 N–H and O–H groups in total. The van der Waals surface area contributed by atoms with Crippen molar-refractivity contribution >= 4 is 11.2 Å². The first-order valence-corrected chi connectivity index (χ1v) is 8.22. The smallest absolute Gasteiger partial charge is 0.284 e. The van der Waals surface area contributed by atoms with Crippen molar-refractivity contribution < 1.29 is 8.78 Å². The van der Waals surface area contributed by atoms with E-state index >= 15 is 0 Å². The zero-order chi connectivity index (χ0) is 19.1. The molecule has 3 aromatic heterocycles. The van der Waals surface area contributed by atoms with Crippen LogP contribution >= 0.6 is 0 Å². The van der Waals surface area contributed by atoms with Gasteiger partial charge in [0.1, 0.15) is 11.6 Å². The van der Waals surface area contributed by atoms with Crippen molar-refractivity contribution in [2.45, 2.75) is 13.5 Å². The average molecular weight is 367 g/mol. The molecule has 0 radical (unpaired) electrons. The van der Waals surface area contributed by atoms with E-state index in [-0.39, 0.29) is 23.4 Å². The minimum absolute atomic E-state index is 0.0578. The van der Waals surface area contributed by atoms with E-state index in [2.05, 4.69) is 15.0 Å². The molecule has 0 aliphatic rings. The fraction of sp³-hybridized carbons (Fsp3) is 0.158. The van der Waals surface area contributed by atoms with Crippen molar-refractivity contribution in [1.29, 1.82) is 0 Å². The highest BCUT2D eigenvalue weighted by atomic mass is 19.1. The van der Waals surface area contributed by atoms with Crippen molar-refractivity contribution in [3.63, 3.8) is 0 Å². The van der Waals surface area contributed by atoms with E-state index in [1.807, 2.05) is 0 Å². The van der Waals surface area contributed by atoms with E-state index in [0.29, 0.717) is 22.4 Å². The summed E-state index contributed by atoms with van der Waals surface area (Å²) >= 11 is 0. The van der Waals surface area contributed by atoms with Gasteiger partial charge in [-0.1, -0.05) is 0 Å². The zero-order valence-corrected chi connectivity index (χ0v) is 14.6. The quantitative estimate of drug-likeness (QED) is 0.559. The van der Waals surface area contributed by atoms with E-state index in [1.165, 1.54) is 34.4 Å². The third-order valence-electron chi connectivity index (χ3n) is 4.54. The Morgan fingerprint density at radius 3 is 2.67 bits per heavy atom. The van der Waals surface area contributed by atoms with E-state index in [9.17, 15) is 13.6 Å². The summed E-state index contributed by atoms with van der Waals surface area (Å²) in [5.74, 6) is -1.25. The van der Waals surface area contributed by atoms with Gasteiger partial charge in [0.25, 0.3) is 0 Å².